The molecule has 4 nitrogen and oxygen atoms in total. The Kier molecular flexibility index (Phi) is 5.51. The Bertz CT molecular complexity index is 582. The van der Waals surface area contributed by atoms with Gasteiger partial charge in [0.25, 0.3) is 0 Å². The maximum absolute atomic E-state index is 12.5. The molecule has 0 aliphatic heterocycles. The molecule has 1 amide bonds. The molecule has 0 aliphatic rings. The molecule has 0 spiro atoms. The highest BCUT2D eigenvalue weighted by molar-refractivity contribution is 7.80. The van der Waals surface area contributed by atoms with Gasteiger partial charge in [-0.2, -0.15) is 0 Å². The molecular weight excluding hydrogens is 284 g/mol. The van der Waals surface area contributed by atoms with E-state index in [1.54, 1.807) is 11.2 Å². The number of nitrogens with zero attached hydrogens (tertiary/aromatic N) is 1. The zero-order valence-corrected chi connectivity index (χ0v) is 12.5. The van der Waals surface area contributed by atoms with Crippen molar-refractivity contribution < 1.29 is 9.21 Å². The summed E-state index contributed by atoms with van der Waals surface area (Å²) in [6, 6.07) is 13.2. The second kappa shape index (κ2) is 7.59. The summed E-state index contributed by atoms with van der Waals surface area (Å²) in [6.07, 6.45) is 3.10. The Morgan fingerprint density at radius 2 is 1.90 bits per heavy atom. The number of furan rings is 1. The molecule has 0 unspecified atom stereocenters. The molecule has 0 saturated carbocycles. The van der Waals surface area contributed by atoms with E-state index in [9.17, 15) is 4.79 Å². The summed E-state index contributed by atoms with van der Waals surface area (Å²) >= 11 is 4.90. The van der Waals surface area contributed by atoms with Crippen LogP contribution in [0.1, 0.15) is 18.6 Å². The van der Waals surface area contributed by atoms with Crippen LogP contribution in [0.4, 0.5) is 5.69 Å². The van der Waals surface area contributed by atoms with Gasteiger partial charge in [-0.1, -0.05) is 30.4 Å². The van der Waals surface area contributed by atoms with Crippen molar-refractivity contribution in [3.05, 3.63) is 54.5 Å². The summed E-state index contributed by atoms with van der Waals surface area (Å²) in [4.78, 5) is 14.6. The van der Waals surface area contributed by atoms with Crippen LogP contribution in [-0.2, 0) is 11.2 Å². The number of hydrogen-bond acceptors (Lipinski definition) is 3. The highest BCUT2D eigenvalue weighted by Gasteiger charge is 2.16. The van der Waals surface area contributed by atoms with Crippen LogP contribution in [0, 0.1) is 0 Å². The van der Waals surface area contributed by atoms with E-state index in [4.69, 9.17) is 22.4 Å². The summed E-state index contributed by atoms with van der Waals surface area (Å²) in [5, 5.41) is 0. The van der Waals surface area contributed by atoms with Gasteiger partial charge >= 0.3 is 0 Å². The van der Waals surface area contributed by atoms with E-state index >= 15 is 0 Å². The first-order chi connectivity index (χ1) is 10.2. The van der Waals surface area contributed by atoms with Gasteiger partial charge in [0, 0.05) is 31.5 Å². The molecule has 1 aromatic carbocycles. The third-order valence-electron chi connectivity index (χ3n) is 3.12. The van der Waals surface area contributed by atoms with E-state index < -0.39 is 0 Å². The minimum atomic E-state index is 0.0360. The molecule has 0 bridgehead atoms. The number of rotatable bonds is 7. The SMILES string of the molecule is NC(=S)CCN(C(=O)CCc1ccco1)c1ccccc1. The molecule has 2 N–H and O–H groups in total. The fourth-order valence-electron chi connectivity index (χ4n) is 2.05. The zero-order chi connectivity index (χ0) is 15.1. The molecule has 5 heteroatoms. The van der Waals surface area contributed by atoms with Gasteiger partial charge in [0.1, 0.15) is 5.76 Å². The Balaban J connectivity index is 2.03. The van der Waals surface area contributed by atoms with Crippen molar-refractivity contribution in [2.75, 3.05) is 11.4 Å². The van der Waals surface area contributed by atoms with Crippen molar-refractivity contribution in [3.8, 4) is 0 Å². The van der Waals surface area contributed by atoms with Gasteiger partial charge < -0.3 is 15.1 Å². The van der Waals surface area contributed by atoms with Gasteiger partial charge in [-0.15, -0.1) is 0 Å². The summed E-state index contributed by atoms with van der Waals surface area (Å²) in [7, 11) is 0. The van der Waals surface area contributed by atoms with Gasteiger partial charge in [0.05, 0.1) is 11.3 Å². The Labute approximate surface area is 129 Å². The monoisotopic (exact) mass is 302 g/mol. The minimum absolute atomic E-state index is 0.0360. The molecular formula is C16H18N2O2S. The molecule has 0 atom stereocenters. The van der Waals surface area contributed by atoms with Crippen molar-refractivity contribution >= 4 is 28.8 Å². The van der Waals surface area contributed by atoms with E-state index in [0.717, 1.165) is 11.4 Å². The molecule has 0 aliphatic carbocycles. The van der Waals surface area contributed by atoms with E-state index in [0.29, 0.717) is 30.8 Å². The third-order valence-corrected chi connectivity index (χ3v) is 3.32. The lowest BCUT2D eigenvalue weighted by atomic mass is 10.2. The van der Waals surface area contributed by atoms with Crippen LogP contribution >= 0.6 is 12.2 Å². The Morgan fingerprint density at radius 3 is 2.52 bits per heavy atom. The smallest absolute Gasteiger partial charge is 0.227 e. The lowest BCUT2D eigenvalue weighted by molar-refractivity contribution is -0.118. The Hall–Kier alpha value is -2.14. The predicted octanol–water partition coefficient (Wildman–Crippen LogP) is 2.92. The quantitative estimate of drug-likeness (QED) is 0.799. The number of thiocarbonyl (C=S) groups is 1. The number of aryl methyl sites for hydroxylation is 1. The number of anilines is 1. The summed E-state index contributed by atoms with van der Waals surface area (Å²) in [5.41, 5.74) is 6.41. The van der Waals surface area contributed by atoms with Gasteiger partial charge in [-0.25, -0.2) is 0 Å². The van der Waals surface area contributed by atoms with Crippen molar-refractivity contribution in [1.29, 1.82) is 0 Å². The maximum Gasteiger partial charge on any atom is 0.227 e. The van der Waals surface area contributed by atoms with Crippen LogP contribution in [0.2, 0.25) is 0 Å². The molecule has 0 fully saturated rings. The molecule has 0 saturated heterocycles. The summed E-state index contributed by atoms with van der Waals surface area (Å²) in [5.74, 6) is 0.847. The number of carbonyl (C=O) groups excluding carboxylic acids is 1. The molecule has 2 aromatic rings. The molecule has 1 aromatic heterocycles. The minimum Gasteiger partial charge on any atom is -0.469 e. The van der Waals surface area contributed by atoms with Crippen LogP contribution in [-0.4, -0.2) is 17.4 Å². The molecule has 21 heavy (non-hydrogen) atoms. The van der Waals surface area contributed by atoms with E-state index in [-0.39, 0.29) is 5.91 Å². The average molecular weight is 302 g/mol. The topological polar surface area (TPSA) is 59.5 Å². The summed E-state index contributed by atoms with van der Waals surface area (Å²) < 4.78 is 5.26. The lowest BCUT2D eigenvalue weighted by Gasteiger charge is -2.22. The fourth-order valence-corrected chi connectivity index (χ4v) is 2.14. The first-order valence-electron chi connectivity index (χ1n) is 6.83. The van der Waals surface area contributed by atoms with E-state index in [1.807, 2.05) is 42.5 Å². The molecule has 2 rings (SSSR count). The number of para-hydroxylation sites is 1. The van der Waals surface area contributed by atoms with Gasteiger partial charge in [-0.3, -0.25) is 4.79 Å². The number of carbonyl (C=O) groups is 1. The van der Waals surface area contributed by atoms with Crippen LogP contribution in [0.15, 0.2) is 53.1 Å². The largest absolute Gasteiger partial charge is 0.469 e. The van der Waals surface area contributed by atoms with Gasteiger partial charge in [0.2, 0.25) is 5.91 Å². The second-order valence-corrected chi connectivity index (χ2v) is 5.20. The molecule has 1 heterocycles. The van der Waals surface area contributed by atoms with Crippen molar-refractivity contribution in [1.82, 2.24) is 0 Å². The van der Waals surface area contributed by atoms with Crippen molar-refractivity contribution in [3.63, 3.8) is 0 Å². The van der Waals surface area contributed by atoms with Crippen molar-refractivity contribution in [2.24, 2.45) is 5.73 Å². The average Bonchev–Trinajstić information content (AvgIpc) is 2.99. The lowest BCUT2D eigenvalue weighted by Crippen LogP contribution is -2.33. The highest BCUT2D eigenvalue weighted by atomic mass is 32.1. The predicted molar refractivity (Wildman–Crippen MR) is 87.2 cm³/mol. The van der Waals surface area contributed by atoms with Crippen LogP contribution in [0.25, 0.3) is 0 Å². The maximum atomic E-state index is 12.5. The van der Waals surface area contributed by atoms with E-state index in [1.165, 1.54) is 0 Å². The summed E-state index contributed by atoms with van der Waals surface area (Å²) in [6.45, 7) is 0.496. The number of hydrogen-bond donors (Lipinski definition) is 1. The highest BCUT2D eigenvalue weighted by Crippen LogP contribution is 2.16. The number of benzene rings is 1. The third kappa shape index (κ3) is 4.72. The number of nitrogens with two attached hydrogens (primary N) is 1. The fraction of sp³-hybridized carbons (Fsp3) is 0.250. The van der Waals surface area contributed by atoms with Gasteiger partial charge in [-0.05, 0) is 24.3 Å². The van der Waals surface area contributed by atoms with Crippen LogP contribution in [0.5, 0.6) is 0 Å². The molecule has 110 valence electrons. The first kappa shape index (κ1) is 15.3. The van der Waals surface area contributed by atoms with Crippen LogP contribution < -0.4 is 10.6 Å². The zero-order valence-electron chi connectivity index (χ0n) is 11.7. The Morgan fingerprint density at radius 1 is 1.14 bits per heavy atom. The molecule has 0 radical (unpaired) electrons. The van der Waals surface area contributed by atoms with Crippen molar-refractivity contribution in [2.45, 2.75) is 19.3 Å². The first-order valence-corrected chi connectivity index (χ1v) is 7.24. The normalized spacial score (nSPS) is 10.3. The number of amides is 1. The van der Waals surface area contributed by atoms with E-state index in [2.05, 4.69) is 0 Å². The van der Waals surface area contributed by atoms with Gasteiger partial charge in [0.15, 0.2) is 0 Å². The second-order valence-electron chi connectivity index (χ2n) is 4.68. The standard InChI is InChI=1S/C16H18N2O2S/c17-15(21)10-11-18(13-5-2-1-3-6-13)16(19)9-8-14-7-4-12-20-14/h1-7,12H,8-11H2,(H2,17,21). The van der Waals surface area contributed by atoms with Crippen LogP contribution in [0.3, 0.4) is 0 Å².